The van der Waals surface area contributed by atoms with E-state index in [4.69, 9.17) is 0 Å². The Morgan fingerprint density at radius 1 is 1.25 bits per heavy atom. The van der Waals surface area contributed by atoms with Crippen LogP contribution in [0.1, 0.15) is 31.2 Å². The number of allylic oxidation sites excluding steroid dienone is 1. The molecule has 0 spiro atoms. The molecular weight excluding hydrogens is 262 g/mol. The van der Waals surface area contributed by atoms with Crippen molar-refractivity contribution in [1.29, 1.82) is 0 Å². The minimum Gasteiger partial charge on any atom is -0.313 e. The predicted molar refractivity (Wildman–Crippen MR) is 74.5 cm³/mol. The Morgan fingerprint density at radius 3 is 2.88 bits per heavy atom. The summed E-state index contributed by atoms with van der Waals surface area (Å²) in [4.78, 5) is 0. The maximum Gasteiger partial charge on any atom is 0.0205 e. The van der Waals surface area contributed by atoms with Gasteiger partial charge in [0.05, 0.1) is 0 Å². The summed E-state index contributed by atoms with van der Waals surface area (Å²) in [6.07, 6.45) is 6.95. The first-order valence-electron chi connectivity index (χ1n) is 5.89. The Hall–Kier alpha value is -0.600. The molecule has 1 aromatic carbocycles. The van der Waals surface area contributed by atoms with Crippen LogP contribution in [0.15, 0.2) is 41.4 Å². The van der Waals surface area contributed by atoms with Gasteiger partial charge in [-0.05, 0) is 43.5 Å². The van der Waals surface area contributed by atoms with E-state index in [0.717, 1.165) is 24.0 Å². The lowest BCUT2D eigenvalue weighted by atomic mass is 10.2. The fourth-order valence-electron chi connectivity index (χ4n) is 1.60. The minimum atomic E-state index is 0.959. The second-order valence-corrected chi connectivity index (χ2v) is 4.86. The summed E-state index contributed by atoms with van der Waals surface area (Å²) in [6.45, 7) is 5.78. The fraction of sp³-hybridized carbons (Fsp3) is 0.429. The van der Waals surface area contributed by atoms with E-state index in [2.05, 4.69) is 52.1 Å². The monoisotopic (exact) mass is 281 g/mol. The summed E-state index contributed by atoms with van der Waals surface area (Å²) in [5.41, 5.74) is 1.33. The van der Waals surface area contributed by atoms with Gasteiger partial charge in [0, 0.05) is 11.0 Å². The van der Waals surface area contributed by atoms with Crippen LogP contribution in [0, 0.1) is 0 Å². The molecule has 0 aliphatic heterocycles. The van der Waals surface area contributed by atoms with Gasteiger partial charge in [0.15, 0.2) is 0 Å². The maximum atomic E-state index is 3.72. The van der Waals surface area contributed by atoms with Crippen molar-refractivity contribution < 1.29 is 0 Å². The Bertz CT molecular complexity index is 309. The van der Waals surface area contributed by atoms with Crippen molar-refractivity contribution >= 4 is 15.9 Å². The zero-order valence-corrected chi connectivity index (χ0v) is 11.3. The van der Waals surface area contributed by atoms with Gasteiger partial charge in [-0.15, -0.1) is 6.58 Å². The number of rotatable bonds is 8. The average molecular weight is 282 g/mol. The summed E-state index contributed by atoms with van der Waals surface area (Å²) >= 11 is 3.48. The van der Waals surface area contributed by atoms with Crippen LogP contribution >= 0.6 is 15.9 Å². The second-order valence-electron chi connectivity index (χ2n) is 3.94. The van der Waals surface area contributed by atoms with Crippen molar-refractivity contribution in [2.75, 3.05) is 6.54 Å². The van der Waals surface area contributed by atoms with Crippen LogP contribution in [0.2, 0.25) is 0 Å². The van der Waals surface area contributed by atoms with Crippen molar-refractivity contribution in [2.24, 2.45) is 0 Å². The summed E-state index contributed by atoms with van der Waals surface area (Å²) in [5, 5.41) is 3.46. The highest BCUT2D eigenvalue weighted by Crippen LogP contribution is 2.11. The van der Waals surface area contributed by atoms with Crippen molar-refractivity contribution in [2.45, 2.75) is 32.2 Å². The first-order chi connectivity index (χ1) is 7.83. The van der Waals surface area contributed by atoms with Crippen molar-refractivity contribution in [3.63, 3.8) is 0 Å². The lowest BCUT2D eigenvalue weighted by Gasteiger charge is -2.05. The highest BCUT2D eigenvalue weighted by molar-refractivity contribution is 9.10. The average Bonchev–Trinajstić information content (AvgIpc) is 2.28. The number of unbranched alkanes of at least 4 members (excludes halogenated alkanes) is 3. The molecule has 2 heteroatoms. The molecule has 0 unspecified atom stereocenters. The molecule has 0 aromatic heterocycles. The third kappa shape index (κ3) is 6.09. The third-order valence-electron chi connectivity index (χ3n) is 2.48. The molecule has 0 aliphatic rings. The molecule has 88 valence electrons. The van der Waals surface area contributed by atoms with Gasteiger partial charge in [0.1, 0.15) is 0 Å². The maximum absolute atomic E-state index is 3.72. The van der Waals surface area contributed by atoms with Gasteiger partial charge in [-0.3, -0.25) is 0 Å². The van der Waals surface area contributed by atoms with Gasteiger partial charge in [-0.25, -0.2) is 0 Å². The van der Waals surface area contributed by atoms with E-state index < -0.39 is 0 Å². The highest BCUT2D eigenvalue weighted by Gasteiger charge is 1.93. The van der Waals surface area contributed by atoms with Gasteiger partial charge < -0.3 is 5.32 Å². The van der Waals surface area contributed by atoms with E-state index in [1.54, 1.807) is 0 Å². The molecule has 0 radical (unpaired) electrons. The van der Waals surface area contributed by atoms with Crippen molar-refractivity contribution in [1.82, 2.24) is 5.32 Å². The molecule has 1 nitrogen and oxygen atoms in total. The van der Waals surface area contributed by atoms with Crippen LogP contribution < -0.4 is 5.32 Å². The quantitative estimate of drug-likeness (QED) is 0.554. The summed E-state index contributed by atoms with van der Waals surface area (Å²) < 4.78 is 1.15. The smallest absolute Gasteiger partial charge is 0.0205 e. The molecule has 0 atom stereocenters. The summed E-state index contributed by atoms with van der Waals surface area (Å²) in [7, 11) is 0. The molecule has 16 heavy (non-hydrogen) atoms. The zero-order valence-electron chi connectivity index (χ0n) is 9.71. The predicted octanol–water partition coefficient (Wildman–Crippen LogP) is 4.29. The standard InChI is InChI=1S/C14H20BrN/c1-2-3-4-5-6-10-16-12-13-8-7-9-14(15)11-13/h2,7-9,11,16H,1,3-6,10,12H2. The van der Waals surface area contributed by atoms with E-state index in [1.165, 1.54) is 24.8 Å². The van der Waals surface area contributed by atoms with Gasteiger partial charge >= 0.3 is 0 Å². The Kier molecular flexibility index (Phi) is 7.19. The van der Waals surface area contributed by atoms with Crippen LogP contribution in [0.25, 0.3) is 0 Å². The number of halogens is 1. The Labute approximate surface area is 107 Å². The normalized spacial score (nSPS) is 10.3. The summed E-state index contributed by atoms with van der Waals surface area (Å²) in [6, 6.07) is 8.43. The van der Waals surface area contributed by atoms with E-state index in [0.29, 0.717) is 0 Å². The molecule has 0 saturated carbocycles. The summed E-state index contributed by atoms with van der Waals surface area (Å²) in [5.74, 6) is 0. The Balaban J connectivity index is 2.05. The van der Waals surface area contributed by atoms with E-state index in [9.17, 15) is 0 Å². The molecule has 0 bridgehead atoms. The lowest BCUT2D eigenvalue weighted by molar-refractivity contribution is 0.606. The topological polar surface area (TPSA) is 12.0 Å². The van der Waals surface area contributed by atoms with Crippen LogP contribution in [0.5, 0.6) is 0 Å². The van der Waals surface area contributed by atoms with Gasteiger partial charge in [-0.2, -0.15) is 0 Å². The van der Waals surface area contributed by atoms with E-state index in [-0.39, 0.29) is 0 Å². The lowest BCUT2D eigenvalue weighted by Crippen LogP contribution is -2.14. The SMILES string of the molecule is C=CCCCCCNCc1cccc(Br)c1. The first kappa shape index (κ1) is 13.5. The van der Waals surface area contributed by atoms with Crippen molar-refractivity contribution in [3.8, 4) is 0 Å². The van der Waals surface area contributed by atoms with Gasteiger partial charge in [-0.1, -0.05) is 40.6 Å². The molecule has 0 saturated heterocycles. The highest BCUT2D eigenvalue weighted by atomic mass is 79.9. The van der Waals surface area contributed by atoms with Gasteiger partial charge in [0.25, 0.3) is 0 Å². The zero-order chi connectivity index (χ0) is 11.6. The van der Waals surface area contributed by atoms with Crippen LogP contribution in [-0.2, 0) is 6.54 Å². The van der Waals surface area contributed by atoms with E-state index >= 15 is 0 Å². The number of hydrogen-bond donors (Lipinski definition) is 1. The largest absolute Gasteiger partial charge is 0.313 e. The molecule has 0 amide bonds. The molecule has 0 fully saturated rings. The van der Waals surface area contributed by atoms with Gasteiger partial charge in [0.2, 0.25) is 0 Å². The van der Waals surface area contributed by atoms with E-state index in [1.807, 2.05) is 6.08 Å². The minimum absolute atomic E-state index is 0.959. The Morgan fingerprint density at radius 2 is 2.12 bits per heavy atom. The molecule has 1 aromatic rings. The molecular formula is C14H20BrN. The van der Waals surface area contributed by atoms with Crippen LogP contribution in [0.3, 0.4) is 0 Å². The number of benzene rings is 1. The number of nitrogens with one attached hydrogen (secondary N) is 1. The molecule has 0 heterocycles. The van der Waals surface area contributed by atoms with Crippen LogP contribution in [0.4, 0.5) is 0 Å². The molecule has 1 N–H and O–H groups in total. The molecule has 0 aliphatic carbocycles. The fourth-order valence-corrected chi connectivity index (χ4v) is 2.04. The van der Waals surface area contributed by atoms with Crippen molar-refractivity contribution in [3.05, 3.63) is 47.0 Å². The first-order valence-corrected chi connectivity index (χ1v) is 6.68. The number of hydrogen-bond acceptors (Lipinski definition) is 1. The third-order valence-corrected chi connectivity index (χ3v) is 2.97. The second kappa shape index (κ2) is 8.54. The molecule has 1 rings (SSSR count). The van der Waals surface area contributed by atoms with Crippen LogP contribution in [-0.4, -0.2) is 6.54 Å².